The molecule has 108 valence electrons. The highest BCUT2D eigenvalue weighted by Crippen LogP contribution is 2.28. The van der Waals surface area contributed by atoms with Crippen molar-refractivity contribution in [1.29, 1.82) is 0 Å². The van der Waals surface area contributed by atoms with Crippen molar-refractivity contribution >= 4 is 32.7 Å². The third-order valence-electron chi connectivity index (χ3n) is 3.08. The summed E-state index contributed by atoms with van der Waals surface area (Å²) >= 11 is 2.31. The molecule has 0 radical (unpaired) electrons. The number of hydrogen-bond acceptors (Lipinski definition) is 2. The number of benzene rings is 1. The second-order valence-electron chi connectivity index (χ2n) is 5.71. The fourth-order valence-corrected chi connectivity index (χ4v) is 3.35. The van der Waals surface area contributed by atoms with Crippen LogP contribution in [0, 0.1) is 8.99 Å². The van der Waals surface area contributed by atoms with E-state index in [2.05, 4.69) is 60.7 Å². The van der Waals surface area contributed by atoms with Crippen LogP contribution in [0.1, 0.15) is 38.7 Å². The first-order valence-corrected chi connectivity index (χ1v) is 9.06. The number of halogens is 1. The summed E-state index contributed by atoms with van der Waals surface area (Å²) in [5.74, 6) is -0.133. The maximum absolute atomic E-state index is 10.6. The van der Waals surface area contributed by atoms with E-state index in [0.29, 0.717) is 6.42 Å². The fraction of sp³-hybridized carbons (Fsp3) is 0.571. The standard InChI is InChI=1S/C14H21IO3S/c1-14(2,8-3-4-9-19(16,17)18)11-12-6-5-7-13(15)10-12/h5-7,10H,3-4,8-9,11H2,1-2H3,(H,16,17,18). The monoisotopic (exact) mass is 396 g/mol. The van der Waals surface area contributed by atoms with Gasteiger partial charge in [0.25, 0.3) is 10.1 Å². The molecule has 5 heteroatoms. The maximum atomic E-state index is 10.6. The van der Waals surface area contributed by atoms with E-state index in [1.807, 2.05) is 0 Å². The van der Waals surface area contributed by atoms with E-state index in [1.54, 1.807) is 0 Å². The van der Waals surface area contributed by atoms with Crippen LogP contribution in [-0.4, -0.2) is 18.7 Å². The molecule has 1 rings (SSSR count). The van der Waals surface area contributed by atoms with E-state index in [-0.39, 0.29) is 11.2 Å². The summed E-state index contributed by atoms with van der Waals surface area (Å²) in [5.41, 5.74) is 1.45. The molecule has 0 amide bonds. The predicted molar refractivity (Wildman–Crippen MR) is 86.9 cm³/mol. The quantitative estimate of drug-likeness (QED) is 0.432. The summed E-state index contributed by atoms with van der Waals surface area (Å²) in [6.07, 6.45) is 3.27. The molecule has 0 aliphatic carbocycles. The van der Waals surface area contributed by atoms with Crippen LogP contribution < -0.4 is 0 Å². The molecule has 0 aliphatic rings. The van der Waals surface area contributed by atoms with Gasteiger partial charge in [-0.05, 0) is 65.0 Å². The van der Waals surface area contributed by atoms with Gasteiger partial charge in [-0.1, -0.05) is 32.4 Å². The van der Waals surface area contributed by atoms with Crippen LogP contribution in [0.5, 0.6) is 0 Å². The largest absolute Gasteiger partial charge is 0.286 e. The summed E-state index contributed by atoms with van der Waals surface area (Å²) in [7, 11) is -3.81. The van der Waals surface area contributed by atoms with Crippen LogP contribution in [0.25, 0.3) is 0 Å². The lowest BCUT2D eigenvalue weighted by atomic mass is 9.81. The molecule has 1 aromatic carbocycles. The SMILES string of the molecule is CC(C)(CCCCS(=O)(=O)O)Cc1cccc(I)c1. The van der Waals surface area contributed by atoms with Gasteiger partial charge in [-0.15, -0.1) is 0 Å². The average molecular weight is 396 g/mol. The average Bonchev–Trinajstić information content (AvgIpc) is 2.22. The summed E-state index contributed by atoms with van der Waals surface area (Å²) in [6, 6.07) is 8.44. The topological polar surface area (TPSA) is 54.4 Å². The first-order chi connectivity index (χ1) is 8.68. The van der Waals surface area contributed by atoms with Crippen LogP contribution >= 0.6 is 22.6 Å². The highest BCUT2D eigenvalue weighted by Gasteiger charge is 2.18. The first kappa shape index (κ1) is 16.9. The highest BCUT2D eigenvalue weighted by molar-refractivity contribution is 14.1. The van der Waals surface area contributed by atoms with Crippen LogP contribution in [0.2, 0.25) is 0 Å². The van der Waals surface area contributed by atoms with Gasteiger partial charge >= 0.3 is 0 Å². The van der Waals surface area contributed by atoms with Crippen LogP contribution in [-0.2, 0) is 16.5 Å². The molecule has 3 nitrogen and oxygen atoms in total. The third-order valence-corrected chi connectivity index (χ3v) is 4.55. The van der Waals surface area contributed by atoms with Gasteiger partial charge in [0, 0.05) is 3.57 Å². The molecular weight excluding hydrogens is 375 g/mol. The molecule has 0 bridgehead atoms. The Balaban J connectivity index is 2.43. The van der Waals surface area contributed by atoms with Crippen molar-refractivity contribution in [2.75, 3.05) is 5.75 Å². The zero-order valence-corrected chi connectivity index (χ0v) is 14.4. The van der Waals surface area contributed by atoms with Gasteiger partial charge in [0.2, 0.25) is 0 Å². The molecule has 19 heavy (non-hydrogen) atoms. The molecule has 0 heterocycles. The van der Waals surface area contributed by atoms with Gasteiger partial charge < -0.3 is 0 Å². The van der Waals surface area contributed by atoms with Gasteiger partial charge in [0.05, 0.1) is 5.75 Å². The Hall–Kier alpha value is -0.140. The minimum Gasteiger partial charge on any atom is -0.286 e. The Bertz CT molecular complexity index is 509. The molecule has 0 saturated heterocycles. The van der Waals surface area contributed by atoms with E-state index >= 15 is 0 Å². The normalized spacial score (nSPS) is 12.6. The van der Waals surface area contributed by atoms with Gasteiger partial charge in [0.1, 0.15) is 0 Å². The van der Waals surface area contributed by atoms with Crippen molar-refractivity contribution in [2.45, 2.75) is 39.5 Å². The van der Waals surface area contributed by atoms with E-state index in [4.69, 9.17) is 4.55 Å². The van der Waals surface area contributed by atoms with Crippen LogP contribution in [0.3, 0.4) is 0 Å². The highest BCUT2D eigenvalue weighted by atomic mass is 127. The predicted octanol–water partition coefficient (Wildman–Crippen LogP) is 3.92. The second-order valence-corrected chi connectivity index (χ2v) is 8.53. The summed E-state index contributed by atoms with van der Waals surface area (Å²) in [4.78, 5) is 0. The van der Waals surface area contributed by atoms with Gasteiger partial charge in [-0.2, -0.15) is 8.42 Å². The van der Waals surface area contributed by atoms with E-state index in [9.17, 15) is 8.42 Å². The number of rotatable bonds is 7. The zero-order chi connectivity index (χ0) is 14.5. The minimum atomic E-state index is -3.81. The molecule has 0 spiro atoms. The van der Waals surface area contributed by atoms with Crippen LogP contribution in [0.15, 0.2) is 24.3 Å². The van der Waals surface area contributed by atoms with E-state index < -0.39 is 10.1 Å². The molecule has 0 atom stereocenters. The fourth-order valence-electron chi connectivity index (χ4n) is 2.18. The van der Waals surface area contributed by atoms with Crippen molar-refractivity contribution in [3.8, 4) is 0 Å². The zero-order valence-electron chi connectivity index (χ0n) is 11.4. The van der Waals surface area contributed by atoms with Crippen molar-refractivity contribution in [3.05, 3.63) is 33.4 Å². The van der Waals surface area contributed by atoms with Gasteiger partial charge in [0.15, 0.2) is 0 Å². The van der Waals surface area contributed by atoms with E-state index in [0.717, 1.165) is 19.3 Å². The van der Waals surface area contributed by atoms with E-state index in [1.165, 1.54) is 9.13 Å². The molecule has 0 aromatic heterocycles. The van der Waals surface area contributed by atoms with Crippen molar-refractivity contribution in [3.63, 3.8) is 0 Å². The van der Waals surface area contributed by atoms with Crippen LogP contribution in [0.4, 0.5) is 0 Å². The Kier molecular flexibility index (Phi) is 6.26. The number of unbranched alkanes of at least 4 members (excludes halogenated alkanes) is 1. The Labute approximate surface area is 129 Å². The lowest BCUT2D eigenvalue weighted by Crippen LogP contribution is -2.15. The smallest absolute Gasteiger partial charge is 0.264 e. The third kappa shape index (κ3) is 7.89. The molecule has 0 fully saturated rings. The number of hydrogen-bond donors (Lipinski definition) is 1. The Morgan fingerprint density at radius 2 is 1.95 bits per heavy atom. The van der Waals surface area contributed by atoms with Crippen molar-refractivity contribution in [2.24, 2.45) is 5.41 Å². The summed E-state index contributed by atoms with van der Waals surface area (Å²) < 4.78 is 31.2. The molecule has 0 saturated carbocycles. The lowest BCUT2D eigenvalue weighted by molar-refractivity contribution is 0.321. The first-order valence-electron chi connectivity index (χ1n) is 6.38. The molecule has 1 aromatic rings. The summed E-state index contributed by atoms with van der Waals surface area (Å²) in [6.45, 7) is 4.39. The lowest BCUT2D eigenvalue weighted by Gasteiger charge is -2.24. The summed E-state index contributed by atoms with van der Waals surface area (Å²) in [5, 5.41) is 0. The maximum Gasteiger partial charge on any atom is 0.264 e. The Morgan fingerprint density at radius 1 is 1.26 bits per heavy atom. The molecular formula is C14H21IO3S. The molecule has 0 aliphatic heterocycles. The molecule has 1 N–H and O–H groups in total. The van der Waals surface area contributed by atoms with Crippen molar-refractivity contribution in [1.82, 2.24) is 0 Å². The van der Waals surface area contributed by atoms with Gasteiger partial charge in [-0.3, -0.25) is 4.55 Å². The van der Waals surface area contributed by atoms with Gasteiger partial charge in [-0.25, -0.2) is 0 Å². The second kappa shape index (κ2) is 7.04. The molecule has 0 unspecified atom stereocenters. The minimum absolute atomic E-state index is 0.133. The van der Waals surface area contributed by atoms with Crippen molar-refractivity contribution < 1.29 is 13.0 Å². The Morgan fingerprint density at radius 3 is 2.53 bits per heavy atom.